The first kappa shape index (κ1) is 15.7. The van der Waals surface area contributed by atoms with Gasteiger partial charge in [0.15, 0.2) is 5.82 Å². The zero-order valence-electron chi connectivity index (χ0n) is 13.1. The molecule has 0 radical (unpaired) electrons. The molecule has 2 rings (SSSR count). The minimum Gasteiger partial charge on any atom is -0.394 e. The van der Waals surface area contributed by atoms with E-state index < -0.39 is 0 Å². The van der Waals surface area contributed by atoms with E-state index in [4.69, 9.17) is 9.63 Å². The summed E-state index contributed by atoms with van der Waals surface area (Å²) in [6.07, 6.45) is 0.777. The highest BCUT2D eigenvalue weighted by atomic mass is 16.5. The van der Waals surface area contributed by atoms with Gasteiger partial charge in [0.2, 0.25) is 5.89 Å². The lowest BCUT2D eigenvalue weighted by Crippen LogP contribution is -2.18. The van der Waals surface area contributed by atoms with Gasteiger partial charge in [-0.1, -0.05) is 12.1 Å². The summed E-state index contributed by atoms with van der Waals surface area (Å²) in [5.41, 5.74) is 3.27. The molecule has 21 heavy (non-hydrogen) atoms. The minimum absolute atomic E-state index is 0.0962. The van der Waals surface area contributed by atoms with Crippen molar-refractivity contribution < 1.29 is 9.63 Å². The predicted molar refractivity (Wildman–Crippen MR) is 77.6 cm³/mol. The lowest BCUT2D eigenvalue weighted by molar-refractivity contribution is 0.258. The van der Waals surface area contributed by atoms with Gasteiger partial charge < -0.3 is 9.63 Å². The average molecular weight is 293 g/mol. The van der Waals surface area contributed by atoms with E-state index in [1.807, 2.05) is 32.5 Å². The molecule has 0 aliphatic heterocycles. The van der Waals surface area contributed by atoms with Gasteiger partial charge in [0, 0.05) is 24.2 Å². The van der Waals surface area contributed by atoms with Crippen LogP contribution >= 0.6 is 0 Å². The van der Waals surface area contributed by atoms with Gasteiger partial charge in [0.25, 0.3) is 0 Å². The zero-order valence-corrected chi connectivity index (χ0v) is 13.1. The molecule has 0 atom stereocenters. The summed E-state index contributed by atoms with van der Waals surface area (Å²) < 4.78 is 7.06. The molecule has 0 aromatic carbocycles. The van der Waals surface area contributed by atoms with Gasteiger partial charge in [0.05, 0.1) is 25.4 Å². The van der Waals surface area contributed by atoms with Crippen molar-refractivity contribution >= 4 is 0 Å². The Morgan fingerprint density at radius 1 is 1.29 bits per heavy atom. The number of aliphatic hydroxyl groups excluding tert-OH is 1. The zero-order chi connectivity index (χ0) is 15.4. The van der Waals surface area contributed by atoms with Crippen LogP contribution in [0.25, 0.3) is 0 Å². The Morgan fingerprint density at radius 2 is 2.05 bits per heavy atom. The molecule has 2 aromatic heterocycles. The second-order valence-electron chi connectivity index (χ2n) is 5.23. The number of rotatable bonds is 7. The fraction of sp³-hybridized carbons (Fsp3) is 0.643. The summed E-state index contributed by atoms with van der Waals surface area (Å²) in [5, 5.41) is 17.4. The maximum absolute atomic E-state index is 9.05. The molecule has 0 fully saturated rings. The fourth-order valence-electron chi connectivity index (χ4n) is 2.33. The Bertz CT molecular complexity index is 590. The minimum atomic E-state index is 0.0962. The molecule has 0 unspecified atom stereocenters. The van der Waals surface area contributed by atoms with Crippen LogP contribution in [0.1, 0.15) is 35.6 Å². The monoisotopic (exact) mass is 293 g/mol. The fourth-order valence-corrected chi connectivity index (χ4v) is 2.33. The van der Waals surface area contributed by atoms with E-state index in [-0.39, 0.29) is 6.61 Å². The van der Waals surface area contributed by atoms with Gasteiger partial charge in [-0.2, -0.15) is 10.1 Å². The van der Waals surface area contributed by atoms with E-state index in [9.17, 15) is 0 Å². The Kier molecular flexibility index (Phi) is 5.08. The first-order valence-electron chi connectivity index (χ1n) is 7.18. The molecule has 116 valence electrons. The third-order valence-corrected chi connectivity index (χ3v) is 3.50. The van der Waals surface area contributed by atoms with Crippen molar-refractivity contribution in [2.45, 2.75) is 46.8 Å². The highest BCUT2D eigenvalue weighted by molar-refractivity contribution is 5.24. The molecule has 0 aliphatic carbocycles. The molecule has 1 N–H and O–H groups in total. The van der Waals surface area contributed by atoms with Crippen molar-refractivity contribution in [2.75, 3.05) is 13.7 Å². The predicted octanol–water partition coefficient (Wildman–Crippen LogP) is 1.07. The normalized spacial score (nSPS) is 11.5. The van der Waals surface area contributed by atoms with Gasteiger partial charge in [0.1, 0.15) is 0 Å². The lowest BCUT2D eigenvalue weighted by Gasteiger charge is -2.14. The van der Waals surface area contributed by atoms with Crippen LogP contribution in [0.4, 0.5) is 0 Å². The number of hydrogen-bond donors (Lipinski definition) is 1. The summed E-state index contributed by atoms with van der Waals surface area (Å²) in [4.78, 5) is 6.43. The average Bonchev–Trinajstić information content (AvgIpc) is 2.99. The highest BCUT2D eigenvalue weighted by Crippen LogP contribution is 2.16. The molecule has 0 amide bonds. The maximum atomic E-state index is 9.05. The molecule has 7 heteroatoms. The van der Waals surface area contributed by atoms with E-state index in [2.05, 4.69) is 20.1 Å². The van der Waals surface area contributed by atoms with Crippen LogP contribution in [0, 0.1) is 13.8 Å². The second-order valence-corrected chi connectivity index (χ2v) is 5.23. The maximum Gasteiger partial charge on any atom is 0.240 e. The van der Waals surface area contributed by atoms with E-state index in [1.165, 1.54) is 5.56 Å². The van der Waals surface area contributed by atoms with Crippen LogP contribution in [-0.2, 0) is 26.1 Å². The number of hydrogen-bond acceptors (Lipinski definition) is 6. The first-order chi connectivity index (χ1) is 10.0. The smallest absolute Gasteiger partial charge is 0.240 e. The van der Waals surface area contributed by atoms with Crippen molar-refractivity contribution in [3.63, 3.8) is 0 Å². The van der Waals surface area contributed by atoms with Crippen molar-refractivity contribution in [1.82, 2.24) is 24.8 Å². The summed E-state index contributed by atoms with van der Waals surface area (Å²) in [6, 6.07) is 0. The molecule has 0 spiro atoms. The molecule has 2 aromatic rings. The van der Waals surface area contributed by atoms with E-state index in [1.54, 1.807) is 0 Å². The topological polar surface area (TPSA) is 80.2 Å². The van der Waals surface area contributed by atoms with Gasteiger partial charge in [-0.15, -0.1) is 0 Å². The molecule has 0 saturated heterocycles. The Balaban J connectivity index is 2.03. The van der Waals surface area contributed by atoms with Gasteiger partial charge in [-0.3, -0.25) is 9.58 Å². The number of nitrogens with zero attached hydrogens (tertiary/aromatic N) is 5. The Morgan fingerprint density at radius 3 is 2.67 bits per heavy atom. The number of aryl methyl sites for hydroxylation is 2. The molecular formula is C14H23N5O2. The van der Waals surface area contributed by atoms with Gasteiger partial charge >= 0.3 is 0 Å². The summed E-state index contributed by atoms with van der Waals surface area (Å²) >= 11 is 0. The Labute approximate surface area is 124 Å². The molecule has 2 heterocycles. The largest absolute Gasteiger partial charge is 0.394 e. The van der Waals surface area contributed by atoms with E-state index in [0.29, 0.717) is 19.0 Å². The van der Waals surface area contributed by atoms with Crippen molar-refractivity contribution in [2.24, 2.45) is 0 Å². The molecule has 0 bridgehead atoms. The molecule has 7 nitrogen and oxygen atoms in total. The molecule has 0 aliphatic rings. The summed E-state index contributed by atoms with van der Waals surface area (Å²) in [7, 11) is 2.01. The van der Waals surface area contributed by atoms with Crippen molar-refractivity contribution in [1.29, 1.82) is 0 Å². The van der Waals surface area contributed by atoms with E-state index in [0.717, 1.165) is 30.2 Å². The third kappa shape index (κ3) is 3.68. The van der Waals surface area contributed by atoms with Gasteiger partial charge in [-0.25, -0.2) is 0 Å². The van der Waals surface area contributed by atoms with Crippen LogP contribution in [0.2, 0.25) is 0 Å². The molecular weight excluding hydrogens is 270 g/mol. The van der Waals surface area contributed by atoms with Crippen molar-refractivity contribution in [3.8, 4) is 0 Å². The van der Waals surface area contributed by atoms with Crippen LogP contribution in [-0.4, -0.2) is 43.6 Å². The van der Waals surface area contributed by atoms with Crippen LogP contribution < -0.4 is 0 Å². The number of aromatic nitrogens is 4. The lowest BCUT2D eigenvalue weighted by atomic mass is 10.2. The molecule has 0 saturated carbocycles. The number of aliphatic hydroxyl groups is 1. The third-order valence-electron chi connectivity index (χ3n) is 3.50. The van der Waals surface area contributed by atoms with Crippen LogP contribution in [0.5, 0.6) is 0 Å². The summed E-state index contributed by atoms with van der Waals surface area (Å²) in [5.74, 6) is 1.37. The van der Waals surface area contributed by atoms with Gasteiger partial charge in [-0.05, 0) is 20.9 Å². The van der Waals surface area contributed by atoms with Crippen LogP contribution in [0.15, 0.2) is 4.52 Å². The quantitative estimate of drug-likeness (QED) is 0.822. The highest BCUT2D eigenvalue weighted by Gasteiger charge is 2.15. The SMILES string of the molecule is CCc1noc(CN(C)Cc2c(C)nn(CCO)c2C)n1. The standard InChI is InChI=1S/C14H23N5O2/c1-5-13-15-14(21-17-13)9-18(4)8-12-10(2)16-19(6-7-20)11(12)3/h20H,5-9H2,1-4H3. The van der Waals surface area contributed by atoms with Crippen LogP contribution in [0.3, 0.4) is 0 Å². The second kappa shape index (κ2) is 6.82. The Hall–Kier alpha value is -1.73. The van der Waals surface area contributed by atoms with Crippen molar-refractivity contribution in [3.05, 3.63) is 28.7 Å². The van der Waals surface area contributed by atoms with E-state index >= 15 is 0 Å². The summed E-state index contributed by atoms with van der Waals surface area (Å²) in [6.45, 7) is 8.01. The first-order valence-corrected chi connectivity index (χ1v) is 7.18.